The van der Waals surface area contributed by atoms with E-state index in [0.29, 0.717) is 6.01 Å². The Morgan fingerprint density at radius 2 is 2.36 bits per heavy atom. The third-order valence-corrected chi connectivity index (χ3v) is 2.01. The van der Waals surface area contributed by atoms with E-state index < -0.39 is 0 Å². The first-order valence-corrected chi connectivity index (χ1v) is 4.88. The van der Waals surface area contributed by atoms with E-state index in [2.05, 4.69) is 6.92 Å². The van der Waals surface area contributed by atoms with Crippen LogP contribution in [0.15, 0.2) is 12.4 Å². The summed E-state index contributed by atoms with van der Waals surface area (Å²) in [6.07, 6.45) is 6.02. The van der Waals surface area contributed by atoms with Crippen LogP contribution in [0.4, 0.5) is 0 Å². The highest BCUT2D eigenvalue weighted by atomic mass is 16.5. The highest BCUT2D eigenvalue weighted by molar-refractivity contribution is 5.68. The highest BCUT2D eigenvalue weighted by Gasteiger charge is 2.17. The molecule has 0 aliphatic heterocycles. The van der Waals surface area contributed by atoms with Crippen molar-refractivity contribution in [1.82, 2.24) is 4.57 Å². The first-order valence-electron chi connectivity index (χ1n) is 4.88. The van der Waals surface area contributed by atoms with Gasteiger partial charge in [-0.05, 0) is 6.42 Å². The fraction of sp³-hybridized carbons (Fsp3) is 0.600. The number of aromatic nitrogens is 2. The molecular weight excluding hydrogens is 180 g/mol. The van der Waals surface area contributed by atoms with Crippen LogP contribution in [0.3, 0.4) is 0 Å². The molecule has 1 aromatic rings. The monoisotopic (exact) mass is 197 g/mol. The maximum atomic E-state index is 10.8. The normalized spacial score (nSPS) is 10.2. The average Bonchev–Trinajstić information content (AvgIpc) is 2.45. The SMILES string of the molecule is CCCCn1cc[n+](C)c1OC(C)=O. The highest BCUT2D eigenvalue weighted by Crippen LogP contribution is 2.06. The summed E-state index contributed by atoms with van der Waals surface area (Å²) in [7, 11) is 1.86. The van der Waals surface area contributed by atoms with Crippen LogP contribution >= 0.6 is 0 Å². The maximum Gasteiger partial charge on any atom is 0.463 e. The van der Waals surface area contributed by atoms with E-state index in [1.165, 1.54) is 6.92 Å². The van der Waals surface area contributed by atoms with Crippen LogP contribution in [0.1, 0.15) is 26.7 Å². The summed E-state index contributed by atoms with van der Waals surface area (Å²) >= 11 is 0. The fourth-order valence-corrected chi connectivity index (χ4v) is 1.27. The number of unbranched alkanes of at least 4 members (excludes halogenated alkanes) is 1. The van der Waals surface area contributed by atoms with Gasteiger partial charge in [-0.15, -0.1) is 0 Å². The Morgan fingerprint density at radius 3 is 2.93 bits per heavy atom. The summed E-state index contributed by atoms with van der Waals surface area (Å²) in [6, 6.07) is 0.603. The summed E-state index contributed by atoms with van der Waals surface area (Å²) < 4.78 is 8.85. The van der Waals surface area contributed by atoms with Crippen LogP contribution in [0.5, 0.6) is 6.01 Å². The topological polar surface area (TPSA) is 35.1 Å². The first-order chi connectivity index (χ1) is 6.65. The van der Waals surface area contributed by atoms with Gasteiger partial charge in [-0.1, -0.05) is 13.3 Å². The molecule has 4 nitrogen and oxygen atoms in total. The Labute approximate surface area is 84.1 Å². The van der Waals surface area contributed by atoms with E-state index in [4.69, 9.17) is 4.74 Å². The molecular formula is C10H17N2O2+. The molecule has 0 fully saturated rings. The number of nitrogens with zero attached hydrogens (tertiary/aromatic N) is 2. The Hall–Kier alpha value is -1.32. The molecule has 0 amide bonds. The van der Waals surface area contributed by atoms with Gasteiger partial charge in [0, 0.05) is 6.92 Å². The number of ether oxygens (including phenoxy) is 1. The van der Waals surface area contributed by atoms with Crippen molar-refractivity contribution < 1.29 is 14.1 Å². The van der Waals surface area contributed by atoms with E-state index in [1.54, 1.807) is 4.57 Å². The number of hydrogen-bond acceptors (Lipinski definition) is 2. The Kier molecular flexibility index (Phi) is 3.68. The van der Waals surface area contributed by atoms with Crippen molar-refractivity contribution in [3.63, 3.8) is 0 Å². The van der Waals surface area contributed by atoms with Crippen molar-refractivity contribution in [3.8, 4) is 6.01 Å². The summed E-state index contributed by atoms with van der Waals surface area (Å²) in [5, 5.41) is 0. The minimum Gasteiger partial charge on any atom is -0.357 e. The molecule has 0 bridgehead atoms. The number of imidazole rings is 1. The Balaban J connectivity index is 2.77. The lowest BCUT2D eigenvalue weighted by molar-refractivity contribution is -0.675. The van der Waals surface area contributed by atoms with Crippen LogP contribution in [0, 0.1) is 0 Å². The van der Waals surface area contributed by atoms with Gasteiger partial charge in [0.25, 0.3) is 0 Å². The summed E-state index contributed by atoms with van der Waals surface area (Å²) in [5.41, 5.74) is 0. The van der Waals surface area contributed by atoms with Crippen LogP contribution in [0.25, 0.3) is 0 Å². The largest absolute Gasteiger partial charge is 0.463 e. The molecule has 14 heavy (non-hydrogen) atoms. The van der Waals surface area contributed by atoms with E-state index in [9.17, 15) is 4.79 Å². The fourth-order valence-electron chi connectivity index (χ4n) is 1.27. The molecule has 0 saturated carbocycles. The molecule has 4 heteroatoms. The van der Waals surface area contributed by atoms with Crippen molar-refractivity contribution >= 4 is 5.97 Å². The lowest BCUT2D eigenvalue weighted by Gasteiger charge is -2.00. The van der Waals surface area contributed by atoms with Crippen molar-refractivity contribution in [3.05, 3.63) is 12.4 Å². The van der Waals surface area contributed by atoms with Gasteiger partial charge in [0.15, 0.2) is 0 Å². The second-order valence-electron chi connectivity index (χ2n) is 3.33. The van der Waals surface area contributed by atoms with E-state index in [0.717, 1.165) is 19.4 Å². The van der Waals surface area contributed by atoms with Gasteiger partial charge in [0.2, 0.25) is 0 Å². The smallest absolute Gasteiger partial charge is 0.357 e. The van der Waals surface area contributed by atoms with Gasteiger partial charge in [-0.3, -0.25) is 4.79 Å². The molecule has 0 radical (unpaired) electrons. The van der Waals surface area contributed by atoms with Gasteiger partial charge in [-0.25, -0.2) is 0 Å². The molecule has 1 heterocycles. The maximum absolute atomic E-state index is 10.8. The summed E-state index contributed by atoms with van der Waals surface area (Å²) in [5.74, 6) is -0.281. The van der Waals surface area contributed by atoms with Crippen LogP contribution in [0.2, 0.25) is 0 Å². The molecule has 0 aliphatic carbocycles. The molecule has 1 aromatic heterocycles. The zero-order chi connectivity index (χ0) is 10.6. The minimum absolute atomic E-state index is 0.281. The predicted octanol–water partition coefficient (Wildman–Crippen LogP) is 1.04. The van der Waals surface area contributed by atoms with Crippen LogP contribution < -0.4 is 9.30 Å². The minimum atomic E-state index is -0.281. The summed E-state index contributed by atoms with van der Waals surface area (Å²) in [6.45, 7) is 4.44. The molecule has 0 aromatic carbocycles. The second-order valence-corrected chi connectivity index (χ2v) is 3.33. The predicted molar refractivity (Wildman–Crippen MR) is 51.8 cm³/mol. The zero-order valence-electron chi connectivity index (χ0n) is 8.99. The molecule has 1 rings (SSSR count). The van der Waals surface area contributed by atoms with E-state index in [1.807, 2.05) is 24.0 Å². The molecule has 0 saturated heterocycles. The number of esters is 1. The zero-order valence-corrected chi connectivity index (χ0v) is 8.99. The van der Waals surface area contributed by atoms with Crippen molar-refractivity contribution in [2.45, 2.75) is 33.2 Å². The van der Waals surface area contributed by atoms with Crippen molar-refractivity contribution in [2.75, 3.05) is 0 Å². The van der Waals surface area contributed by atoms with Crippen LogP contribution in [-0.2, 0) is 18.4 Å². The number of rotatable bonds is 4. The molecule has 0 atom stereocenters. The Morgan fingerprint density at radius 1 is 1.64 bits per heavy atom. The quantitative estimate of drug-likeness (QED) is 0.534. The lowest BCUT2D eigenvalue weighted by Crippen LogP contribution is -2.30. The number of carbonyl (C=O) groups excluding carboxylic acids is 1. The van der Waals surface area contributed by atoms with Gasteiger partial charge in [0.05, 0.1) is 13.6 Å². The number of carbonyl (C=O) groups is 1. The molecule has 0 unspecified atom stereocenters. The molecule has 0 spiro atoms. The van der Waals surface area contributed by atoms with Crippen molar-refractivity contribution in [1.29, 1.82) is 0 Å². The van der Waals surface area contributed by atoms with Gasteiger partial charge in [0.1, 0.15) is 12.4 Å². The third-order valence-electron chi connectivity index (χ3n) is 2.01. The van der Waals surface area contributed by atoms with Gasteiger partial charge >= 0.3 is 12.0 Å². The van der Waals surface area contributed by atoms with Gasteiger partial charge < -0.3 is 4.74 Å². The summed E-state index contributed by atoms with van der Waals surface area (Å²) in [4.78, 5) is 10.8. The average molecular weight is 197 g/mol. The van der Waals surface area contributed by atoms with E-state index >= 15 is 0 Å². The number of aryl methyl sites for hydroxylation is 2. The second kappa shape index (κ2) is 4.79. The Bertz CT molecular complexity index is 318. The van der Waals surface area contributed by atoms with Gasteiger partial charge in [-0.2, -0.15) is 9.13 Å². The van der Waals surface area contributed by atoms with Crippen molar-refractivity contribution in [2.24, 2.45) is 7.05 Å². The molecule has 78 valence electrons. The third kappa shape index (κ3) is 2.58. The van der Waals surface area contributed by atoms with Crippen LogP contribution in [-0.4, -0.2) is 10.5 Å². The molecule has 0 N–H and O–H groups in total. The standard InChI is InChI=1S/C10H17N2O2/c1-4-5-6-12-8-7-11(3)10(12)14-9(2)13/h7-8H,4-6H2,1-3H3/q+1. The molecule has 0 aliphatic rings. The lowest BCUT2D eigenvalue weighted by atomic mass is 10.3. The van der Waals surface area contributed by atoms with E-state index in [-0.39, 0.29) is 5.97 Å². The number of hydrogen-bond donors (Lipinski definition) is 0. The first kappa shape index (κ1) is 10.8.